The minimum Gasteiger partial charge on any atom is -0.469 e. The highest BCUT2D eigenvalue weighted by atomic mass is 16.5. The lowest BCUT2D eigenvalue weighted by molar-refractivity contribution is -0.140. The van der Waals surface area contributed by atoms with Gasteiger partial charge in [0.25, 0.3) is 0 Å². The highest BCUT2D eigenvalue weighted by molar-refractivity contribution is 5.68. The number of aliphatic hydroxyl groups excluding tert-OH is 1. The fourth-order valence-electron chi connectivity index (χ4n) is 1.17. The molecule has 0 radical (unpaired) electrons. The van der Waals surface area contributed by atoms with E-state index in [4.69, 9.17) is 0 Å². The van der Waals surface area contributed by atoms with Crippen LogP contribution in [0.1, 0.15) is 45.4 Å². The predicted molar refractivity (Wildman–Crippen MR) is 51.4 cm³/mol. The molecule has 3 heteroatoms. The lowest BCUT2D eigenvalue weighted by atomic mass is 10.1. The molecule has 0 fully saturated rings. The Hall–Kier alpha value is -0.570. The van der Waals surface area contributed by atoms with Crippen LogP contribution < -0.4 is 0 Å². The first-order chi connectivity index (χ1) is 6.20. The van der Waals surface area contributed by atoms with Crippen molar-refractivity contribution >= 4 is 5.97 Å². The van der Waals surface area contributed by atoms with E-state index in [0.717, 1.165) is 25.7 Å². The van der Waals surface area contributed by atoms with Gasteiger partial charge in [0.15, 0.2) is 0 Å². The summed E-state index contributed by atoms with van der Waals surface area (Å²) in [6, 6.07) is 0. The van der Waals surface area contributed by atoms with Gasteiger partial charge in [-0.1, -0.05) is 19.8 Å². The maximum absolute atomic E-state index is 10.7. The van der Waals surface area contributed by atoms with E-state index >= 15 is 0 Å². The highest BCUT2D eigenvalue weighted by Crippen LogP contribution is 2.08. The second kappa shape index (κ2) is 8.05. The van der Waals surface area contributed by atoms with Crippen molar-refractivity contribution in [3.63, 3.8) is 0 Å². The van der Waals surface area contributed by atoms with Crippen LogP contribution in [0.3, 0.4) is 0 Å². The summed E-state index contributed by atoms with van der Waals surface area (Å²) < 4.78 is 4.49. The lowest BCUT2D eigenvalue weighted by Gasteiger charge is -2.08. The minimum atomic E-state index is -0.246. The van der Waals surface area contributed by atoms with E-state index in [-0.39, 0.29) is 12.1 Å². The Bertz CT molecular complexity index is 134. The zero-order valence-electron chi connectivity index (χ0n) is 8.58. The number of methoxy groups -OCH3 is 1. The van der Waals surface area contributed by atoms with E-state index in [1.54, 1.807) is 0 Å². The van der Waals surface area contributed by atoms with Crippen LogP contribution in [0.15, 0.2) is 0 Å². The molecule has 13 heavy (non-hydrogen) atoms. The number of carbonyl (C=O) groups is 1. The molecule has 0 amide bonds. The smallest absolute Gasteiger partial charge is 0.305 e. The van der Waals surface area contributed by atoms with Crippen LogP contribution in [0.4, 0.5) is 0 Å². The summed E-state index contributed by atoms with van der Waals surface area (Å²) in [4.78, 5) is 10.7. The summed E-state index contributed by atoms with van der Waals surface area (Å²) in [6.45, 7) is 2.10. The number of carbonyl (C=O) groups excluding carboxylic acids is 1. The van der Waals surface area contributed by atoms with Crippen molar-refractivity contribution in [1.29, 1.82) is 0 Å². The molecule has 0 rings (SSSR count). The monoisotopic (exact) mass is 188 g/mol. The Balaban J connectivity index is 3.26. The molecule has 1 N–H and O–H groups in total. The first-order valence-electron chi connectivity index (χ1n) is 4.95. The van der Waals surface area contributed by atoms with Gasteiger partial charge in [-0.15, -0.1) is 0 Å². The number of unbranched alkanes of at least 4 members (excludes halogenated alkanes) is 1. The second-order valence-corrected chi connectivity index (χ2v) is 3.26. The molecule has 0 aliphatic rings. The molecule has 0 aromatic carbocycles. The molecule has 0 heterocycles. The molecule has 0 saturated heterocycles. The van der Waals surface area contributed by atoms with Crippen LogP contribution in [-0.4, -0.2) is 24.3 Å². The summed E-state index contributed by atoms with van der Waals surface area (Å²) in [5.41, 5.74) is 0. The topological polar surface area (TPSA) is 46.5 Å². The molecule has 78 valence electrons. The Morgan fingerprint density at radius 2 is 2.00 bits per heavy atom. The molecular formula is C10H20O3. The Labute approximate surface area is 80.1 Å². The van der Waals surface area contributed by atoms with Crippen molar-refractivity contribution in [1.82, 2.24) is 0 Å². The summed E-state index contributed by atoms with van der Waals surface area (Å²) in [5.74, 6) is -0.192. The summed E-state index contributed by atoms with van der Waals surface area (Å²) in [6.07, 6.45) is 4.60. The number of esters is 1. The second-order valence-electron chi connectivity index (χ2n) is 3.26. The van der Waals surface area contributed by atoms with Crippen molar-refractivity contribution in [2.45, 2.75) is 51.6 Å². The van der Waals surface area contributed by atoms with E-state index in [2.05, 4.69) is 11.7 Å². The van der Waals surface area contributed by atoms with Gasteiger partial charge in [0.1, 0.15) is 0 Å². The maximum atomic E-state index is 10.7. The molecular weight excluding hydrogens is 168 g/mol. The highest BCUT2D eigenvalue weighted by Gasteiger charge is 2.05. The van der Waals surface area contributed by atoms with E-state index in [1.807, 2.05) is 0 Å². The summed E-state index contributed by atoms with van der Waals surface area (Å²) in [5, 5.41) is 9.41. The summed E-state index contributed by atoms with van der Waals surface area (Å²) in [7, 11) is 1.38. The number of hydrogen-bond donors (Lipinski definition) is 1. The van der Waals surface area contributed by atoms with Gasteiger partial charge in [0.05, 0.1) is 13.2 Å². The SMILES string of the molecule is CCCC[C@@H](O)CCCC(=O)OC. The third kappa shape index (κ3) is 7.78. The molecule has 3 nitrogen and oxygen atoms in total. The van der Waals surface area contributed by atoms with Gasteiger partial charge >= 0.3 is 5.97 Å². The van der Waals surface area contributed by atoms with E-state index in [0.29, 0.717) is 12.8 Å². The molecule has 0 unspecified atom stereocenters. The van der Waals surface area contributed by atoms with Gasteiger partial charge in [0, 0.05) is 6.42 Å². The zero-order chi connectivity index (χ0) is 10.1. The van der Waals surface area contributed by atoms with Gasteiger partial charge < -0.3 is 9.84 Å². The van der Waals surface area contributed by atoms with Crippen molar-refractivity contribution in [3.05, 3.63) is 0 Å². The fraction of sp³-hybridized carbons (Fsp3) is 0.900. The predicted octanol–water partition coefficient (Wildman–Crippen LogP) is 1.88. The first-order valence-corrected chi connectivity index (χ1v) is 4.95. The number of rotatable bonds is 7. The standard InChI is InChI=1S/C10H20O3/c1-3-4-6-9(11)7-5-8-10(12)13-2/h9,11H,3-8H2,1-2H3/t9-/m1/s1. The van der Waals surface area contributed by atoms with Gasteiger partial charge in [-0.3, -0.25) is 4.79 Å². The van der Waals surface area contributed by atoms with E-state index in [1.165, 1.54) is 7.11 Å². The number of hydrogen-bond acceptors (Lipinski definition) is 3. The normalized spacial score (nSPS) is 12.5. The van der Waals surface area contributed by atoms with Crippen LogP contribution in [0.2, 0.25) is 0 Å². The quantitative estimate of drug-likeness (QED) is 0.620. The van der Waals surface area contributed by atoms with Crippen LogP contribution in [-0.2, 0) is 9.53 Å². The Morgan fingerprint density at radius 3 is 2.54 bits per heavy atom. The van der Waals surface area contributed by atoms with Crippen molar-refractivity contribution in [3.8, 4) is 0 Å². The largest absolute Gasteiger partial charge is 0.469 e. The van der Waals surface area contributed by atoms with Gasteiger partial charge in [-0.05, 0) is 19.3 Å². The maximum Gasteiger partial charge on any atom is 0.305 e. The molecule has 0 saturated carbocycles. The third-order valence-corrected chi connectivity index (χ3v) is 2.04. The molecule has 1 atom stereocenters. The van der Waals surface area contributed by atoms with Gasteiger partial charge in [0.2, 0.25) is 0 Å². The Kier molecular flexibility index (Phi) is 7.69. The van der Waals surface area contributed by atoms with Gasteiger partial charge in [-0.25, -0.2) is 0 Å². The van der Waals surface area contributed by atoms with E-state index < -0.39 is 0 Å². The van der Waals surface area contributed by atoms with Crippen LogP contribution in [0, 0.1) is 0 Å². The van der Waals surface area contributed by atoms with Gasteiger partial charge in [-0.2, -0.15) is 0 Å². The first kappa shape index (κ1) is 12.4. The number of ether oxygens (including phenoxy) is 1. The third-order valence-electron chi connectivity index (χ3n) is 2.04. The number of aliphatic hydroxyl groups is 1. The molecule has 0 spiro atoms. The average Bonchev–Trinajstić information content (AvgIpc) is 2.14. The minimum absolute atomic E-state index is 0.192. The molecule has 0 aromatic rings. The molecule has 0 aromatic heterocycles. The molecule has 0 bridgehead atoms. The van der Waals surface area contributed by atoms with Crippen molar-refractivity contribution < 1.29 is 14.6 Å². The van der Waals surface area contributed by atoms with Crippen LogP contribution >= 0.6 is 0 Å². The van der Waals surface area contributed by atoms with Crippen molar-refractivity contribution in [2.75, 3.05) is 7.11 Å². The summed E-state index contributed by atoms with van der Waals surface area (Å²) >= 11 is 0. The Morgan fingerprint density at radius 1 is 1.38 bits per heavy atom. The fourth-order valence-corrected chi connectivity index (χ4v) is 1.17. The molecule has 0 aliphatic carbocycles. The lowest BCUT2D eigenvalue weighted by Crippen LogP contribution is -2.08. The van der Waals surface area contributed by atoms with Crippen LogP contribution in [0.5, 0.6) is 0 Å². The average molecular weight is 188 g/mol. The molecule has 0 aliphatic heterocycles. The van der Waals surface area contributed by atoms with Crippen LogP contribution in [0.25, 0.3) is 0 Å². The van der Waals surface area contributed by atoms with E-state index in [9.17, 15) is 9.90 Å². The van der Waals surface area contributed by atoms with Crippen molar-refractivity contribution in [2.24, 2.45) is 0 Å². The zero-order valence-corrected chi connectivity index (χ0v) is 8.58.